The number of benzene rings is 1. The molecule has 0 aliphatic carbocycles. The Hall–Kier alpha value is -1.64. The third-order valence-corrected chi connectivity index (χ3v) is 2.07. The lowest BCUT2D eigenvalue weighted by Crippen LogP contribution is -2.07. The Kier molecular flexibility index (Phi) is 1.78. The first-order chi connectivity index (χ1) is 6.77. The second-order valence-corrected chi connectivity index (χ2v) is 2.91. The maximum atomic E-state index is 7.28. The summed E-state index contributed by atoms with van der Waals surface area (Å²) in [6, 6.07) is 10.2. The molecule has 0 spiro atoms. The van der Waals surface area contributed by atoms with Gasteiger partial charge in [-0.1, -0.05) is 35.5 Å². The van der Waals surface area contributed by atoms with Crippen molar-refractivity contribution in [2.24, 2.45) is 0 Å². The van der Waals surface area contributed by atoms with E-state index in [1.165, 1.54) is 0 Å². The standard InChI is InChI=1S/C10H11N3/c1-9(13-8-7-11-12-13)10-5-3-2-4-6-10/h2-9H,1H3/i7D. The van der Waals surface area contributed by atoms with Gasteiger partial charge in [0.1, 0.15) is 0 Å². The Balaban J connectivity index is 2.29. The molecule has 3 nitrogen and oxygen atoms in total. The van der Waals surface area contributed by atoms with E-state index in [-0.39, 0.29) is 12.2 Å². The number of nitrogens with zero attached hydrogens (tertiary/aromatic N) is 3. The smallest absolute Gasteiger partial charge is 0.0877 e. The normalized spacial score (nSPS) is 13.8. The summed E-state index contributed by atoms with van der Waals surface area (Å²) >= 11 is 0. The molecule has 0 aliphatic heterocycles. The van der Waals surface area contributed by atoms with Crippen LogP contribution in [0.4, 0.5) is 0 Å². The summed E-state index contributed by atoms with van der Waals surface area (Å²) in [5.74, 6) is 0. The second-order valence-electron chi connectivity index (χ2n) is 2.91. The first-order valence-electron chi connectivity index (χ1n) is 4.71. The quantitative estimate of drug-likeness (QED) is 0.696. The number of hydrogen-bond acceptors (Lipinski definition) is 2. The molecular formula is C10H11N3. The lowest BCUT2D eigenvalue weighted by molar-refractivity contribution is 0.543. The zero-order chi connectivity index (χ0) is 9.97. The predicted octanol–water partition coefficient (Wildman–Crippen LogP) is 1.89. The maximum absolute atomic E-state index is 7.28. The van der Waals surface area contributed by atoms with Gasteiger partial charge in [-0.25, -0.2) is 4.68 Å². The highest BCUT2D eigenvalue weighted by molar-refractivity contribution is 5.18. The molecule has 1 aromatic carbocycles. The summed E-state index contributed by atoms with van der Waals surface area (Å²) in [5.41, 5.74) is 1.16. The van der Waals surface area contributed by atoms with Gasteiger partial charge in [0.25, 0.3) is 0 Å². The van der Waals surface area contributed by atoms with Crippen molar-refractivity contribution in [2.75, 3.05) is 0 Å². The highest BCUT2D eigenvalue weighted by Gasteiger charge is 2.06. The number of aromatic nitrogens is 3. The van der Waals surface area contributed by atoms with Crippen LogP contribution in [0, 0.1) is 0 Å². The van der Waals surface area contributed by atoms with Crippen molar-refractivity contribution in [2.45, 2.75) is 13.0 Å². The molecular weight excluding hydrogens is 162 g/mol. The first-order valence-corrected chi connectivity index (χ1v) is 4.21. The van der Waals surface area contributed by atoms with Crippen LogP contribution in [0.1, 0.15) is 19.9 Å². The molecule has 2 rings (SSSR count). The largest absolute Gasteiger partial charge is 0.245 e. The van der Waals surface area contributed by atoms with E-state index in [1.54, 1.807) is 10.9 Å². The summed E-state index contributed by atoms with van der Waals surface area (Å²) in [6.45, 7) is 2.03. The number of rotatable bonds is 2. The van der Waals surface area contributed by atoms with Crippen molar-refractivity contribution in [3.8, 4) is 0 Å². The Morgan fingerprint density at radius 3 is 2.77 bits per heavy atom. The summed E-state index contributed by atoms with van der Waals surface area (Å²) in [7, 11) is 0. The zero-order valence-electron chi connectivity index (χ0n) is 8.38. The first kappa shape index (κ1) is 6.83. The molecule has 0 N–H and O–H groups in total. The third-order valence-electron chi connectivity index (χ3n) is 2.07. The molecule has 0 fully saturated rings. The van der Waals surface area contributed by atoms with E-state index in [2.05, 4.69) is 10.3 Å². The van der Waals surface area contributed by atoms with Crippen molar-refractivity contribution in [3.63, 3.8) is 0 Å². The van der Waals surface area contributed by atoms with Crippen LogP contribution in [0.2, 0.25) is 0 Å². The molecule has 0 aliphatic rings. The van der Waals surface area contributed by atoms with Crippen LogP contribution < -0.4 is 0 Å². The fourth-order valence-corrected chi connectivity index (χ4v) is 1.26. The molecule has 2 aromatic rings. The lowest BCUT2D eigenvalue weighted by atomic mass is 10.1. The third kappa shape index (κ3) is 1.59. The van der Waals surface area contributed by atoms with Gasteiger partial charge in [0.05, 0.1) is 13.6 Å². The highest BCUT2D eigenvalue weighted by atomic mass is 15.4. The highest BCUT2D eigenvalue weighted by Crippen LogP contribution is 2.14. The van der Waals surface area contributed by atoms with Crippen molar-refractivity contribution in [1.29, 1.82) is 0 Å². The van der Waals surface area contributed by atoms with Crippen molar-refractivity contribution < 1.29 is 1.37 Å². The fourth-order valence-electron chi connectivity index (χ4n) is 1.26. The summed E-state index contributed by atoms with van der Waals surface area (Å²) in [4.78, 5) is 0. The van der Waals surface area contributed by atoms with Crippen LogP contribution in [-0.4, -0.2) is 15.0 Å². The van der Waals surface area contributed by atoms with Gasteiger partial charge >= 0.3 is 0 Å². The molecule has 66 valence electrons. The molecule has 0 amide bonds. The van der Waals surface area contributed by atoms with E-state index < -0.39 is 0 Å². The van der Waals surface area contributed by atoms with Gasteiger partial charge in [0.15, 0.2) is 0 Å². The van der Waals surface area contributed by atoms with E-state index in [9.17, 15) is 0 Å². The van der Waals surface area contributed by atoms with Crippen LogP contribution >= 0.6 is 0 Å². The summed E-state index contributed by atoms with van der Waals surface area (Å²) in [6.07, 6.45) is 1.82. The van der Waals surface area contributed by atoms with Gasteiger partial charge in [0, 0.05) is 6.20 Å². The molecule has 0 radical (unpaired) electrons. The van der Waals surface area contributed by atoms with Gasteiger partial charge in [-0.2, -0.15) is 0 Å². The topological polar surface area (TPSA) is 30.7 Å². The van der Waals surface area contributed by atoms with Crippen LogP contribution in [0.25, 0.3) is 0 Å². The molecule has 1 unspecified atom stereocenters. The maximum Gasteiger partial charge on any atom is 0.0877 e. The second kappa shape index (κ2) is 3.39. The molecule has 0 bridgehead atoms. The minimum Gasteiger partial charge on any atom is -0.245 e. The Morgan fingerprint density at radius 1 is 1.38 bits per heavy atom. The van der Waals surface area contributed by atoms with Gasteiger partial charge in [-0.15, -0.1) is 5.10 Å². The average Bonchev–Trinajstić information content (AvgIpc) is 2.65. The molecule has 1 heterocycles. The minimum atomic E-state index is 0.128. The monoisotopic (exact) mass is 174 g/mol. The average molecular weight is 174 g/mol. The Labute approximate surface area is 78.4 Å². The Morgan fingerprint density at radius 2 is 2.15 bits per heavy atom. The van der Waals surface area contributed by atoms with E-state index >= 15 is 0 Å². The number of hydrogen-bond donors (Lipinski definition) is 0. The van der Waals surface area contributed by atoms with Gasteiger partial charge in [-0.05, 0) is 12.5 Å². The van der Waals surface area contributed by atoms with Crippen molar-refractivity contribution >= 4 is 0 Å². The molecule has 1 atom stereocenters. The van der Waals surface area contributed by atoms with E-state index in [4.69, 9.17) is 1.37 Å². The molecule has 1 aromatic heterocycles. The minimum absolute atomic E-state index is 0.128. The van der Waals surface area contributed by atoms with Crippen LogP contribution in [0.3, 0.4) is 0 Å². The molecule has 0 saturated carbocycles. The van der Waals surface area contributed by atoms with E-state index in [0.29, 0.717) is 0 Å². The van der Waals surface area contributed by atoms with E-state index in [0.717, 1.165) is 5.56 Å². The molecule has 3 heteroatoms. The SMILES string of the molecule is [2H]c1cn(C(C)c2ccccc2)nn1. The van der Waals surface area contributed by atoms with Crippen LogP contribution in [0.15, 0.2) is 42.7 Å². The summed E-state index contributed by atoms with van der Waals surface area (Å²) < 4.78 is 8.97. The van der Waals surface area contributed by atoms with Gasteiger partial charge < -0.3 is 0 Å². The van der Waals surface area contributed by atoms with E-state index in [1.807, 2.05) is 37.3 Å². The lowest BCUT2D eigenvalue weighted by Gasteiger charge is -2.10. The molecule has 0 saturated heterocycles. The van der Waals surface area contributed by atoms with Crippen LogP contribution in [-0.2, 0) is 0 Å². The van der Waals surface area contributed by atoms with Gasteiger partial charge in [0.2, 0.25) is 0 Å². The van der Waals surface area contributed by atoms with Crippen LogP contribution in [0.5, 0.6) is 0 Å². The fraction of sp³-hybridized carbons (Fsp3) is 0.200. The van der Waals surface area contributed by atoms with Crippen molar-refractivity contribution in [1.82, 2.24) is 15.0 Å². The Bertz CT molecular complexity index is 410. The molecule has 13 heavy (non-hydrogen) atoms. The zero-order valence-corrected chi connectivity index (χ0v) is 7.38. The van der Waals surface area contributed by atoms with Gasteiger partial charge in [-0.3, -0.25) is 0 Å². The summed E-state index contributed by atoms with van der Waals surface area (Å²) in [5, 5.41) is 7.51. The van der Waals surface area contributed by atoms with Crippen molar-refractivity contribution in [3.05, 3.63) is 48.3 Å². The predicted molar refractivity (Wildman–Crippen MR) is 50.3 cm³/mol.